The summed E-state index contributed by atoms with van der Waals surface area (Å²) in [6.07, 6.45) is 4.97. The van der Waals surface area contributed by atoms with Gasteiger partial charge in [-0.25, -0.2) is 4.79 Å². The Bertz CT molecular complexity index is 872. The minimum atomic E-state index is -0.361. The van der Waals surface area contributed by atoms with Gasteiger partial charge in [-0.3, -0.25) is 4.79 Å². The molecule has 2 rings (SSSR count). The molecule has 0 radical (unpaired) electrons. The van der Waals surface area contributed by atoms with E-state index in [9.17, 15) is 9.59 Å². The van der Waals surface area contributed by atoms with E-state index in [-0.39, 0.29) is 18.0 Å². The summed E-state index contributed by atoms with van der Waals surface area (Å²) in [5.41, 5.74) is 1.85. The number of hydrogen-bond acceptors (Lipinski definition) is 5. The molecule has 2 aromatic carbocycles. The highest BCUT2D eigenvalue weighted by Gasteiger charge is 2.08. The van der Waals surface area contributed by atoms with Crippen LogP contribution in [-0.2, 0) is 9.53 Å². The quantitative estimate of drug-likeness (QED) is 0.335. The zero-order valence-corrected chi connectivity index (χ0v) is 17.9. The third kappa shape index (κ3) is 7.28. The molecule has 0 atom stereocenters. The molecule has 2 aromatic rings. The Balaban J connectivity index is 1.95. The van der Waals surface area contributed by atoms with Gasteiger partial charge in [-0.05, 0) is 68.3 Å². The molecule has 0 bridgehead atoms. The first-order valence-corrected chi connectivity index (χ1v) is 10.0. The van der Waals surface area contributed by atoms with Crippen molar-refractivity contribution < 1.29 is 23.8 Å². The molecule has 6 heteroatoms. The van der Waals surface area contributed by atoms with Crippen LogP contribution in [0.2, 0.25) is 0 Å². The molecule has 0 aliphatic heterocycles. The van der Waals surface area contributed by atoms with Crippen LogP contribution in [0.3, 0.4) is 0 Å². The van der Waals surface area contributed by atoms with Crippen molar-refractivity contribution in [3.05, 3.63) is 59.7 Å². The maximum absolute atomic E-state index is 12.2. The van der Waals surface area contributed by atoms with Gasteiger partial charge in [-0.2, -0.15) is 0 Å². The van der Waals surface area contributed by atoms with E-state index in [1.165, 1.54) is 6.08 Å². The third-order valence-electron chi connectivity index (χ3n) is 4.10. The molecule has 0 saturated carbocycles. The topological polar surface area (TPSA) is 73.9 Å². The highest BCUT2D eigenvalue weighted by Crippen LogP contribution is 2.29. The average Bonchev–Trinajstić information content (AvgIpc) is 2.73. The van der Waals surface area contributed by atoms with Crippen LogP contribution in [0.5, 0.6) is 11.5 Å². The fourth-order valence-electron chi connectivity index (χ4n) is 2.58. The fraction of sp³-hybridized carbons (Fsp3) is 0.333. The van der Waals surface area contributed by atoms with E-state index < -0.39 is 0 Å². The summed E-state index contributed by atoms with van der Waals surface area (Å²) in [6, 6.07) is 12.1. The summed E-state index contributed by atoms with van der Waals surface area (Å²) in [5, 5.41) is 2.76. The van der Waals surface area contributed by atoms with Crippen LogP contribution in [0.15, 0.2) is 48.5 Å². The second-order valence-corrected chi connectivity index (χ2v) is 6.97. The van der Waals surface area contributed by atoms with Gasteiger partial charge in [0.2, 0.25) is 5.91 Å². The van der Waals surface area contributed by atoms with Crippen LogP contribution in [0, 0.1) is 0 Å². The smallest absolute Gasteiger partial charge is 0.338 e. The lowest BCUT2D eigenvalue weighted by atomic mass is 10.1. The average molecular weight is 411 g/mol. The first-order valence-electron chi connectivity index (χ1n) is 10.0. The largest absolute Gasteiger partial charge is 0.493 e. The Labute approximate surface area is 177 Å². The van der Waals surface area contributed by atoms with Gasteiger partial charge >= 0.3 is 5.97 Å². The summed E-state index contributed by atoms with van der Waals surface area (Å²) in [7, 11) is 1.58. The molecule has 0 aliphatic rings. The number of nitrogens with one attached hydrogen (secondary N) is 1. The van der Waals surface area contributed by atoms with Crippen LogP contribution in [0.25, 0.3) is 6.08 Å². The summed E-state index contributed by atoms with van der Waals surface area (Å²) < 4.78 is 16.2. The molecule has 0 unspecified atom stereocenters. The second kappa shape index (κ2) is 11.7. The van der Waals surface area contributed by atoms with Gasteiger partial charge in [0.15, 0.2) is 11.5 Å². The highest BCUT2D eigenvalue weighted by molar-refractivity contribution is 6.02. The molecule has 6 nitrogen and oxygen atoms in total. The van der Waals surface area contributed by atoms with Gasteiger partial charge < -0.3 is 19.5 Å². The molecular formula is C24H29NO5. The van der Waals surface area contributed by atoms with Crippen molar-refractivity contribution in [2.45, 2.75) is 39.7 Å². The minimum Gasteiger partial charge on any atom is -0.493 e. The SMILES string of the molecule is CCCCOC(=O)c1ccc(NC(=O)C=Cc2ccc(OC(C)C)c(OC)c2)cc1. The number of unbranched alkanes of at least 4 members (excludes halogenated alkanes) is 1. The fourth-order valence-corrected chi connectivity index (χ4v) is 2.58. The van der Waals surface area contributed by atoms with Crippen LogP contribution in [0.1, 0.15) is 49.5 Å². The minimum absolute atomic E-state index is 0.0376. The van der Waals surface area contributed by atoms with Gasteiger partial charge in [0.25, 0.3) is 0 Å². The maximum Gasteiger partial charge on any atom is 0.338 e. The van der Waals surface area contributed by atoms with E-state index in [1.54, 1.807) is 43.5 Å². The number of ether oxygens (including phenoxy) is 3. The van der Waals surface area contributed by atoms with E-state index in [0.717, 1.165) is 18.4 Å². The van der Waals surface area contributed by atoms with E-state index in [0.29, 0.717) is 29.4 Å². The van der Waals surface area contributed by atoms with Crippen molar-refractivity contribution in [2.75, 3.05) is 19.0 Å². The zero-order valence-electron chi connectivity index (χ0n) is 17.9. The predicted octanol–water partition coefficient (Wildman–Crippen LogP) is 5.09. The monoisotopic (exact) mass is 411 g/mol. The van der Waals surface area contributed by atoms with Crippen LogP contribution < -0.4 is 14.8 Å². The Hall–Kier alpha value is -3.28. The van der Waals surface area contributed by atoms with Crippen molar-refractivity contribution in [3.63, 3.8) is 0 Å². The van der Waals surface area contributed by atoms with Crippen molar-refractivity contribution in [3.8, 4) is 11.5 Å². The summed E-state index contributed by atoms with van der Waals surface area (Å²) in [6.45, 7) is 6.33. The lowest BCUT2D eigenvalue weighted by Gasteiger charge is -2.13. The standard InChI is InChI=1S/C24H29NO5/c1-5-6-15-29-24(27)19-9-11-20(12-10-19)25-23(26)14-8-18-7-13-21(30-17(2)3)22(16-18)28-4/h7-14,16-17H,5-6,15H2,1-4H3,(H,25,26). The summed E-state index contributed by atoms with van der Waals surface area (Å²) in [4.78, 5) is 24.1. The Kier molecular flexibility index (Phi) is 8.94. The van der Waals surface area contributed by atoms with Gasteiger partial charge in [0, 0.05) is 11.8 Å². The zero-order chi connectivity index (χ0) is 21.9. The lowest BCUT2D eigenvalue weighted by molar-refractivity contribution is -0.111. The van der Waals surface area contributed by atoms with E-state index in [1.807, 2.05) is 32.9 Å². The van der Waals surface area contributed by atoms with E-state index >= 15 is 0 Å². The number of esters is 1. The molecule has 0 saturated heterocycles. The lowest BCUT2D eigenvalue weighted by Crippen LogP contribution is -2.09. The molecule has 160 valence electrons. The van der Waals surface area contributed by atoms with Crippen molar-refractivity contribution in [1.29, 1.82) is 0 Å². The summed E-state index contributed by atoms with van der Waals surface area (Å²) in [5.74, 6) is 0.616. The van der Waals surface area contributed by atoms with Crippen LogP contribution in [0.4, 0.5) is 5.69 Å². The third-order valence-corrected chi connectivity index (χ3v) is 4.10. The predicted molar refractivity (Wildman–Crippen MR) is 118 cm³/mol. The van der Waals surface area contributed by atoms with Crippen molar-refractivity contribution in [1.82, 2.24) is 0 Å². The normalized spacial score (nSPS) is 10.8. The number of methoxy groups -OCH3 is 1. The van der Waals surface area contributed by atoms with Gasteiger partial charge in [-0.15, -0.1) is 0 Å². The molecule has 1 N–H and O–H groups in total. The van der Waals surface area contributed by atoms with Crippen molar-refractivity contribution >= 4 is 23.6 Å². The number of amides is 1. The van der Waals surface area contributed by atoms with Crippen LogP contribution in [-0.4, -0.2) is 31.7 Å². The molecule has 0 fully saturated rings. The Morgan fingerprint density at radius 1 is 1.07 bits per heavy atom. The second-order valence-electron chi connectivity index (χ2n) is 6.97. The maximum atomic E-state index is 12.2. The molecule has 0 aromatic heterocycles. The van der Waals surface area contributed by atoms with Gasteiger partial charge in [-0.1, -0.05) is 19.4 Å². The molecule has 0 spiro atoms. The molecule has 30 heavy (non-hydrogen) atoms. The Morgan fingerprint density at radius 3 is 2.43 bits per heavy atom. The van der Waals surface area contributed by atoms with Gasteiger partial charge in [0.05, 0.1) is 25.4 Å². The first kappa shape index (κ1) is 23.0. The number of carbonyl (C=O) groups excluding carboxylic acids is 2. The van der Waals surface area contributed by atoms with E-state index in [4.69, 9.17) is 14.2 Å². The first-order chi connectivity index (χ1) is 14.4. The molecular weight excluding hydrogens is 382 g/mol. The number of benzene rings is 2. The highest BCUT2D eigenvalue weighted by atomic mass is 16.5. The summed E-state index contributed by atoms with van der Waals surface area (Å²) >= 11 is 0. The number of rotatable bonds is 10. The Morgan fingerprint density at radius 2 is 1.80 bits per heavy atom. The van der Waals surface area contributed by atoms with Crippen molar-refractivity contribution in [2.24, 2.45) is 0 Å². The molecule has 0 heterocycles. The molecule has 1 amide bonds. The van der Waals surface area contributed by atoms with Gasteiger partial charge in [0.1, 0.15) is 0 Å². The van der Waals surface area contributed by atoms with E-state index in [2.05, 4.69) is 5.32 Å². The van der Waals surface area contributed by atoms with Crippen LogP contribution >= 0.6 is 0 Å². The number of carbonyl (C=O) groups is 2. The number of anilines is 1. The number of hydrogen-bond donors (Lipinski definition) is 1. The molecule has 0 aliphatic carbocycles.